The van der Waals surface area contributed by atoms with Crippen LogP contribution in [0.2, 0.25) is 0 Å². The molecule has 0 aromatic heterocycles. The summed E-state index contributed by atoms with van der Waals surface area (Å²) in [6, 6.07) is 11.2. The van der Waals surface area contributed by atoms with Crippen LogP contribution in [0, 0.1) is 12.7 Å². The fourth-order valence-corrected chi connectivity index (χ4v) is 3.35. The van der Waals surface area contributed by atoms with Crippen LogP contribution in [0.3, 0.4) is 0 Å². The van der Waals surface area contributed by atoms with Crippen LogP contribution >= 0.6 is 0 Å². The number of piperidine rings is 1. The Labute approximate surface area is 169 Å². The van der Waals surface area contributed by atoms with Crippen LogP contribution in [0.15, 0.2) is 42.5 Å². The number of ether oxygens (including phenoxy) is 1. The van der Waals surface area contributed by atoms with E-state index in [1.165, 1.54) is 6.07 Å². The molecule has 1 amide bonds. The van der Waals surface area contributed by atoms with Crippen molar-refractivity contribution in [3.63, 3.8) is 0 Å². The number of rotatable bonds is 7. The lowest BCUT2D eigenvalue weighted by atomic mass is 10.0. The monoisotopic (exact) mass is 400 g/mol. The van der Waals surface area contributed by atoms with Crippen LogP contribution in [-0.4, -0.2) is 47.6 Å². The molecule has 3 rings (SSSR count). The van der Waals surface area contributed by atoms with E-state index in [4.69, 9.17) is 9.84 Å². The average molecular weight is 400 g/mol. The number of para-hydroxylation sites is 1. The third-order valence-electron chi connectivity index (χ3n) is 5.10. The number of halogens is 1. The molecule has 1 saturated heterocycles. The maximum atomic E-state index is 13.7. The fourth-order valence-electron chi connectivity index (χ4n) is 3.35. The van der Waals surface area contributed by atoms with E-state index in [-0.39, 0.29) is 35.7 Å². The van der Waals surface area contributed by atoms with Gasteiger partial charge in [-0.1, -0.05) is 18.2 Å². The van der Waals surface area contributed by atoms with E-state index in [2.05, 4.69) is 5.32 Å². The minimum atomic E-state index is -0.988. The van der Waals surface area contributed by atoms with Crippen LogP contribution in [0.5, 0.6) is 5.75 Å². The van der Waals surface area contributed by atoms with E-state index in [1.807, 2.05) is 11.8 Å². The van der Waals surface area contributed by atoms with Crippen molar-refractivity contribution in [3.8, 4) is 5.75 Å². The second-order valence-corrected chi connectivity index (χ2v) is 7.25. The number of likely N-dealkylation sites (tertiary alicyclic amines) is 1. The van der Waals surface area contributed by atoms with Gasteiger partial charge in [-0.05, 0) is 55.2 Å². The molecule has 6 nitrogen and oxygen atoms in total. The first kappa shape index (κ1) is 20.8. The molecule has 1 aliphatic heterocycles. The number of aromatic carboxylic acids is 1. The third kappa shape index (κ3) is 5.77. The van der Waals surface area contributed by atoms with Crippen molar-refractivity contribution in [3.05, 3.63) is 65.0 Å². The molecule has 0 spiro atoms. The molecule has 0 bridgehead atoms. The maximum absolute atomic E-state index is 13.7. The molecular formula is C22H25FN2O4. The van der Waals surface area contributed by atoms with Crippen molar-refractivity contribution in [2.75, 3.05) is 19.6 Å². The largest absolute Gasteiger partial charge is 0.487 e. The first-order valence-corrected chi connectivity index (χ1v) is 9.65. The summed E-state index contributed by atoms with van der Waals surface area (Å²) in [5.41, 5.74) is 1.92. The number of carboxylic acids is 1. The number of aryl methyl sites for hydroxylation is 1. The molecule has 7 heteroatoms. The molecule has 0 unspecified atom stereocenters. The number of carbonyl (C=O) groups excluding carboxylic acids is 1. The fraction of sp³-hybridized carbons (Fsp3) is 0.364. The van der Waals surface area contributed by atoms with Gasteiger partial charge in [0.05, 0.1) is 12.1 Å². The number of carbonyl (C=O) groups is 2. The van der Waals surface area contributed by atoms with Crippen LogP contribution in [0.25, 0.3) is 0 Å². The summed E-state index contributed by atoms with van der Waals surface area (Å²) in [5, 5.41) is 12.0. The lowest BCUT2D eigenvalue weighted by Gasteiger charge is -2.31. The average Bonchev–Trinajstić information content (AvgIpc) is 2.70. The molecule has 0 aliphatic carbocycles. The van der Waals surface area contributed by atoms with Gasteiger partial charge in [-0.2, -0.15) is 0 Å². The van der Waals surface area contributed by atoms with Gasteiger partial charge in [0.15, 0.2) is 11.6 Å². The smallest absolute Gasteiger partial charge is 0.335 e. The molecule has 1 fully saturated rings. The topological polar surface area (TPSA) is 78.9 Å². The number of benzene rings is 2. The number of nitrogens with one attached hydrogen (secondary N) is 1. The van der Waals surface area contributed by atoms with E-state index in [0.29, 0.717) is 19.6 Å². The summed E-state index contributed by atoms with van der Waals surface area (Å²) in [5.74, 6) is -1.20. The number of carboxylic acid groups (broad SMARTS) is 1. The van der Waals surface area contributed by atoms with E-state index in [0.717, 1.165) is 24.0 Å². The minimum absolute atomic E-state index is 0.0624. The van der Waals surface area contributed by atoms with E-state index >= 15 is 0 Å². The Bertz CT molecular complexity index is 879. The molecule has 1 heterocycles. The van der Waals surface area contributed by atoms with Gasteiger partial charge in [0.25, 0.3) is 0 Å². The molecule has 2 aromatic carbocycles. The minimum Gasteiger partial charge on any atom is -0.487 e. The molecule has 0 radical (unpaired) electrons. The highest BCUT2D eigenvalue weighted by Gasteiger charge is 2.22. The van der Waals surface area contributed by atoms with Crippen molar-refractivity contribution in [1.82, 2.24) is 10.2 Å². The molecule has 0 saturated carbocycles. The first-order chi connectivity index (χ1) is 13.9. The van der Waals surface area contributed by atoms with Gasteiger partial charge in [0.1, 0.15) is 6.10 Å². The predicted octanol–water partition coefficient (Wildman–Crippen LogP) is 2.99. The quantitative estimate of drug-likeness (QED) is 0.747. The van der Waals surface area contributed by atoms with Gasteiger partial charge in [-0.25, -0.2) is 9.18 Å². The molecular weight excluding hydrogens is 375 g/mol. The highest BCUT2D eigenvalue weighted by molar-refractivity contribution is 5.88. The Morgan fingerprint density at radius 1 is 1.21 bits per heavy atom. The van der Waals surface area contributed by atoms with E-state index in [9.17, 15) is 14.0 Å². The van der Waals surface area contributed by atoms with Gasteiger partial charge in [0, 0.05) is 19.6 Å². The van der Waals surface area contributed by atoms with E-state index < -0.39 is 5.97 Å². The summed E-state index contributed by atoms with van der Waals surface area (Å²) in [6.45, 7) is 3.83. The van der Waals surface area contributed by atoms with Crippen molar-refractivity contribution in [2.45, 2.75) is 32.4 Å². The van der Waals surface area contributed by atoms with E-state index in [1.54, 1.807) is 36.4 Å². The zero-order chi connectivity index (χ0) is 20.8. The second-order valence-electron chi connectivity index (χ2n) is 7.25. The molecule has 2 N–H and O–H groups in total. The summed E-state index contributed by atoms with van der Waals surface area (Å²) in [6.07, 6.45) is 1.38. The Balaban J connectivity index is 1.44. The lowest BCUT2D eigenvalue weighted by Crippen LogP contribution is -2.43. The number of hydrogen-bond donors (Lipinski definition) is 2. The summed E-state index contributed by atoms with van der Waals surface area (Å²) in [7, 11) is 0. The Hall–Kier alpha value is -2.93. The van der Waals surface area contributed by atoms with Crippen LogP contribution in [0.1, 0.15) is 34.3 Å². The van der Waals surface area contributed by atoms with Gasteiger partial charge in [-0.3, -0.25) is 9.69 Å². The first-order valence-electron chi connectivity index (χ1n) is 9.65. The third-order valence-corrected chi connectivity index (χ3v) is 5.10. The van der Waals surface area contributed by atoms with Crippen molar-refractivity contribution >= 4 is 11.9 Å². The Kier molecular flexibility index (Phi) is 6.82. The standard InChI is InChI=1S/C22H25FN2O4/c1-15-6-7-16(22(27)28)12-17(15)13-24-21(26)14-25-10-8-18(9-11-25)29-20-5-3-2-4-19(20)23/h2-7,12,18H,8-11,13-14H2,1H3,(H,24,26)(H,27,28). The summed E-state index contributed by atoms with van der Waals surface area (Å²) >= 11 is 0. The highest BCUT2D eigenvalue weighted by Crippen LogP contribution is 2.21. The number of hydrogen-bond acceptors (Lipinski definition) is 4. The van der Waals surface area contributed by atoms with Crippen molar-refractivity contribution < 1.29 is 23.8 Å². The Morgan fingerprint density at radius 2 is 1.93 bits per heavy atom. The molecule has 0 atom stereocenters. The van der Waals surface area contributed by atoms with Crippen LogP contribution in [0.4, 0.5) is 4.39 Å². The molecule has 2 aromatic rings. The Morgan fingerprint density at radius 3 is 2.62 bits per heavy atom. The van der Waals surface area contributed by atoms with Gasteiger partial charge >= 0.3 is 5.97 Å². The van der Waals surface area contributed by atoms with Gasteiger partial charge < -0.3 is 15.2 Å². The molecule has 154 valence electrons. The summed E-state index contributed by atoms with van der Waals surface area (Å²) in [4.78, 5) is 25.4. The number of amides is 1. The lowest BCUT2D eigenvalue weighted by molar-refractivity contribution is -0.122. The number of nitrogens with zero attached hydrogens (tertiary/aromatic N) is 1. The molecule has 1 aliphatic rings. The zero-order valence-electron chi connectivity index (χ0n) is 16.4. The maximum Gasteiger partial charge on any atom is 0.335 e. The van der Waals surface area contributed by atoms with Crippen LogP contribution in [-0.2, 0) is 11.3 Å². The SMILES string of the molecule is Cc1ccc(C(=O)O)cc1CNC(=O)CN1CCC(Oc2ccccc2F)CC1. The zero-order valence-corrected chi connectivity index (χ0v) is 16.4. The highest BCUT2D eigenvalue weighted by atomic mass is 19.1. The normalized spacial score (nSPS) is 15.1. The van der Waals surface area contributed by atoms with Crippen LogP contribution < -0.4 is 10.1 Å². The van der Waals surface area contributed by atoms with Crippen molar-refractivity contribution in [1.29, 1.82) is 0 Å². The van der Waals surface area contributed by atoms with Crippen molar-refractivity contribution in [2.24, 2.45) is 0 Å². The van der Waals surface area contributed by atoms with Gasteiger partial charge in [-0.15, -0.1) is 0 Å². The molecule has 29 heavy (non-hydrogen) atoms. The predicted molar refractivity (Wildman–Crippen MR) is 106 cm³/mol. The second kappa shape index (κ2) is 9.52. The summed E-state index contributed by atoms with van der Waals surface area (Å²) < 4.78 is 19.4. The van der Waals surface area contributed by atoms with Gasteiger partial charge in [0.2, 0.25) is 5.91 Å².